The summed E-state index contributed by atoms with van der Waals surface area (Å²) in [5.74, 6) is -0.679. The maximum absolute atomic E-state index is 14.0. The number of hydrogen-bond donors (Lipinski definition) is 2. The fourth-order valence-corrected chi connectivity index (χ4v) is 6.21. The van der Waals surface area contributed by atoms with Crippen LogP contribution in [-0.2, 0) is 19.4 Å². The van der Waals surface area contributed by atoms with E-state index in [9.17, 15) is 23.4 Å². The van der Waals surface area contributed by atoms with E-state index in [1.54, 1.807) is 68.1 Å². The van der Waals surface area contributed by atoms with Crippen molar-refractivity contribution in [3.05, 3.63) is 69.7 Å². The number of morpholine rings is 1. The van der Waals surface area contributed by atoms with E-state index in [0.29, 0.717) is 22.0 Å². The number of amides is 1. The Labute approximate surface area is 229 Å². The van der Waals surface area contributed by atoms with E-state index in [1.807, 2.05) is 13.0 Å². The van der Waals surface area contributed by atoms with E-state index < -0.39 is 57.5 Å². The Bertz CT molecular complexity index is 1180. The largest absolute Gasteiger partial charge is 0.394 e. The maximum atomic E-state index is 14.0. The average molecular weight is 573 g/mol. The molecule has 1 aliphatic heterocycles. The van der Waals surface area contributed by atoms with Crippen molar-refractivity contribution in [2.24, 2.45) is 0 Å². The topological polar surface area (TPSA) is 104 Å². The number of sulfone groups is 1. The van der Waals surface area contributed by atoms with E-state index in [2.05, 4.69) is 0 Å². The minimum absolute atomic E-state index is 0.140. The molecule has 1 amide bonds. The molecule has 10 heteroatoms. The van der Waals surface area contributed by atoms with Crippen molar-refractivity contribution in [1.29, 1.82) is 0 Å². The van der Waals surface area contributed by atoms with Crippen LogP contribution in [0.1, 0.15) is 63.8 Å². The molecule has 2 N–H and O–H groups in total. The van der Waals surface area contributed by atoms with Crippen molar-refractivity contribution >= 4 is 38.9 Å². The fourth-order valence-electron chi connectivity index (χ4n) is 4.48. The first-order chi connectivity index (χ1) is 17.3. The zero-order valence-electron chi connectivity index (χ0n) is 21.5. The lowest BCUT2D eigenvalue weighted by Gasteiger charge is -2.48. The molecule has 0 aliphatic carbocycles. The number of rotatable bonds is 9. The Hall–Kier alpha value is -1.68. The summed E-state index contributed by atoms with van der Waals surface area (Å²) < 4.78 is 31.9. The lowest BCUT2D eigenvalue weighted by atomic mass is 9.89. The van der Waals surface area contributed by atoms with Gasteiger partial charge in [0.2, 0.25) is 0 Å². The summed E-state index contributed by atoms with van der Waals surface area (Å²) in [6.07, 6.45) is -2.76. The van der Waals surface area contributed by atoms with Crippen LogP contribution in [0.2, 0.25) is 10.0 Å². The number of hydrogen-bond acceptors (Lipinski definition) is 6. The highest BCUT2D eigenvalue weighted by Gasteiger charge is 2.48. The summed E-state index contributed by atoms with van der Waals surface area (Å²) in [7, 11) is -3.59. The van der Waals surface area contributed by atoms with Crippen LogP contribution in [0.15, 0.2) is 48.5 Å². The van der Waals surface area contributed by atoms with Crippen LogP contribution in [0.5, 0.6) is 0 Å². The number of benzene rings is 2. The Kier molecular flexibility index (Phi) is 9.70. The van der Waals surface area contributed by atoms with Crippen LogP contribution < -0.4 is 0 Å². The quantitative estimate of drug-likeness (QED) is 0.450. The van der Waals surface area contributed by atoms with E-state index in [0.717, 1.165) is 5.56 Å². The maximum Gasteiger partial charge on any atom is 0.252 e. The highest BCUT2D eigenvalue weighted by molar-refractivity contribution is 7.92. The summed E-state index contributed by atoms with van der Waals surface area (Å²) >= 11 is 12.5. The van der Waals surface area contributed by atoms with Crippen molar-refractivity contribution < 1.29 is 28.2 Å². The van der Waals surface area contributed by atoms with Crippen LogP contribution in [0.3, 0.4) is 0 Å². The highest BCUT2D eigenvalue weighted by Crippen LogP contribution is 2.45. The summed E-state index contributed by atoms with van der Waals surface area (Å²) in [5.41, 5.74) is 1.41. The summed E-state index contributed by atoms with van der Waals surface area (Å²) in [5, 5.41) is 20.6. The lowest BCUT2D eigenvalue weighted by molar-refractivity contribution is -0.182. The van der Waals surface area contributed by atoms with Crippen LogP contribution in [0.25, 0.3) is 0 Å². The number of nitrogens with zero attached hydrogens (tertiary/aromatic N) is 1. The molecule has 7 nitrogen and oxygen atoms in total. The van der Waals surface area contributed by atoms with Gasteiger partial charge in [0.15, 0.2) is 9.84 Å². The normalized spacial score (nSPS) is 22.6. The summed E-state index contributed by atoms with van der Waals surface area (Å²) in [6, 6.07) is 12.7. The van der Waals surface area contributed by atoms with Crippen molar-refractivity contribution in [3.8, 4) is 0 Å². The molecule has 37 heavy (non-hydrogen) atoms. The molecular formula is C27H35Cl2NO6S. The van der Waals surface area contributed by atoms with Crippen LogP contribution >= 0.6 is 23.2 Å². The molecule has 0 aromatic heterocycles. The van der Waals surface area contributed by atoms with Crippen LogP contribution in [0.4, 0.5) is 0 Å². The minimum atomic E-state index is -3.59. The molecule has 1 heterocycles. The summed E-state index contributed by atoms with van der Waals surface area (Å²) in [6.45, 7) is 6.23. The van der Waals surface area contributed by atoms with Gasteiger partial charge in [0.25, 0.3) is 5.91 Å². The number of aliphatic hydroxyl groups excluding tert-OH is 2. The first kappa shape index (κ1) is 29.9. The molecule has 0 bridgehead atoms. The number of ether oxygens (including phenoxy) is 1. The van der Waals surface area contributed by atoms with Gasteiger partial charge in [0, 0.05) is 22.5 Å². The van der Waals surface area contributed by atoms with Gasteiger partial charge in [-0.1, -0.05) is 54.4 Å². The molecule has 1 fully saturated rings. The highest BCUT2D eigenvalue weighted by atomic mass is 35.5. The SMILES string of the molecule is CC[C@@H](CS(=O)(=O)C(C)(C)C)N1C(=O)[C@@H](C[C@H](O)CO)O[C@H](c2cccc(Cl)c2)[C@H]1c1ccc(Cl)cc1. The van der Waals surface area contributed by atoms with Gasteiger partial charge in [0.05, 0.1) is 29.3 Å². The average Bonchev–Trinajstić information content (AvgIpc) is 2.83. The van der Waals surface area contributed by atoms with Gasteiger partial charge in [-0.2, -0.15) is 0 Å². The second-order valence-corrected chi connectivity index (χ2v) is 14.0. The first-order valence-electron chi connectivity index (χ1n) is 12.3. The third-order valence-corrected chi connectivity index (χ3v) is 9.90. The molecule has 0 saturated carbocycles. The third kappa shape index (κ3) is 6.85. The smallest absolute Gasteiger partial charge is 0.252 e. The number of halogens is 2. The molecule has 2 aromatic carbocycles. The number of carbonyl (C=O) groups excluding carboxylic acids is 1. The molecule has 2 aromatic rings. The predicted molar refractivity (Wildman–Crippen MR) is 145 cm³/mol. The molecule has 0 spiro atoms. The van der Waals surface area contributed by atoms with E-state index in [1.165, 1.54) is 0 Å². The van der Waals surface area contributed by atoms with Crippen molar-refractivity contribution in [1.82, 2.24) is 4.90 Å². The third-order valence-electron chi connectivity index (χ3n) is 6.72. The second-order valence-electron chi connectivity index (χ2n) is 10.4. The molecule has 0 unspecified atom stereocenters. The number of carbonyl (C=O) groups is 1. The van der Waals surface area contributed by atoms with E-state index in [-0.39, 0.29) is 12.2 Å². The van der Waals surface area contributed by atoms with Crippen molar-refractivity contribution in [2.45, 2.75) is 75.7 Å². The van der Waals surface area contributed by atoms with Gasteiger partial charge in [-0.05, 0) is 62.6 Å². The van der Waals surface area contributed by atoms with Gasteiger partial charge in [0.1, 0.15) is 12.2 Å². The van der Waals surface area contributed by atoms with E-state index in [4.69, 9.17) is 27.9 Å². The van der Waals surface area contributed by atoms with Crippen LogP contribution in [-0.4, -0.2) is 64.8 Å². The first-order valence-corrected chi connectivity index (χ1v) is 14.7. The predicted octanol–water partition coefficient (Wildman–Crippen LogP) is 4.74. The zero-order valence-corrected chi connectivity index (χ0v) is 23.8. The second kappa shape index (κ2) is 12.0. The Morgan fingerprint density at radius 3 is 2.24 bits per heavy atom. The zero-order chi connectivity index (χ0) is 27.5. The Morgan fingerprint density at radius 2 is 1.70 bits per heavy atom. The van der Waals surface area contributed by atoms with Crippen molar-refractivity contribution in [3.63, 3.8) is 0 Å². The molecule has 204 valence electrons. The number of aliphatic hydroxyl groups is 2. The molecule has 1 saturated heterocycles. The van der Waals surface area contributed by atoms with Gasteiger partial charge < -0.3 is 19.8 Å². The van der Waals surface area contributed by atoms with E-state index >= 15 is 0 Å². The molecular weight excluding hydrogens is 537 g/mol. The minimum Gasteiger partial charge on any atom is -0.394 e. The van der Waals surface area contributed by atoms with Gasteiger partial charge in [-0.25, -0.2) is 8.42 Å². The standard InChI is InChI=1S/C27H35Cl2NO6S/c1-5-21(16-37(34,35)27(2,3)4)30-24(17-9-11-19(28)12-10-17)25(18-7-6-8-20(29)13-18)36-23(26(30)33)14-22(32)15-31/h6-13,21-25,31-32H,5,14-16H2,1-4H3/t21-,22-,23+,24+,25+/m0/s1. The Balaban J connectivity index is 2.20. The van der Waals surface area contributed by atoms with Gasteiger partial charge in [-0.15, -0.1) is 0 Å². The molecule has 0 radical (unpaired) electrons. The van der Waals surface area contributed by atoms with Gasteiger partial charge >= 0.3 is 0 Å². The molecule has 5 atom stereocenters. The lowest BCUT2D eigenvalue weighted by Crippen LogP contribution is -2.57. The fraction of sp³-hybridized carbons (Fsp3) is 0.519. The summed E-state index contributed by atoms with van der Waals surface area (Å²) in [4.78, 5) is 15.6. The molecule has 3 rings (SSSR count). The van der Waals surface area contributed by atoms with Crippen molar-refractivity contribution in [2.75, 3.05) is 12.4 Å². The molecule has 1 aliphatic rings. The van der Waals surface area contributed by atoms with Crippen LogP contribution in [0, 0.1) is 0 Å². The van der Waals surface area contributed by atoms with Gasteiger partial charge in [-0.3, -0.25) is 4.79 Å². The monoisotopic (exact) mass is 571 g/mol. The Morgan fingerprint density at radius 1 is 1.05 bits per heavy atom.